The summed E-state index contributed by atoms with van der Waals surface area (Å²) in [4.78, 5) is 10.7. The van der Waals surface area contributed by atoms with E-state index in [1.54, 1.807) is 12.1 Å². The fourth-order valence-electron chi connectivity index (χ4n) is 0.953. The molecule has 1 N–H and O–H groups in total. The zero-order chi connectivity index (χ0) is 9.84. The number of ether oxygens (including phenoxy) is 1. The van der Waals surface area contributed by atoms with E-state index in [2.05, 4.69) is 0 Å². The van der Waals surface area contributed by atoms with Gasteiger partial charge in [0.2, 0.25) is 0 Å². The summed E-state index contributed by atoms with van der Waals surface area (Å²) in [5, 5.41) is 8.74. The van der Waals surface area contributed by atoms with Crippen molar-refractivity contribution >= 4 is 29.6 Å². The van der Waals surface area contributed by atoms with Crippen molar-refractivity contribution in [1.29, 1.82) is 0 Å². The minimum absolute atomic E-state index is 0.163. The third kappa shape index (κ3) is 2.15. The standard InChI is InChI=1S/C8H7BClO3/c1-13-5-2-3-6(8(11)12)7(4-5)9-10/h2-4H,1H3,(H,11,12). The van der Waals surface area contributed by atoms with Gasteiger partial charge in [-0.25, -0.2) is 4.79 Å². The molecule has 0 aromatic heterocycles. The van der Waals surface area contributed by atoms with Crippen molar-refractivity contribution in [3.8, 4) is 5.75 Å². The van der Waals surface area contributed by atoms with E-state index in [1.165, 1.54) is 19.9 Å². The van der Waals surface area contributed by atoms with Crippen LogP contribution in [-0.2, 0) is 0 Å². The van der Waals surface area contributed by atoms with Crippen molar-refractivity contribution < 1.29 is 14.6 Å². The Morgan fingerprint density at radius 1 is 1.62 bits per heavy atom. The number of halogens is 1. The number of carbonyl (C=O) groups is 1. The second-order valence-electron chi connectivity index (χ2n) is 2.37. The molecule has 0 atom stereocenters. The molecule has 1 radical (unpaired) electrons. The number of carboxylic acids is 1. The third-order valence-corrected chi connectivity index (χ3v) is 1.84. The number of hydrogen-bond acceptors (Lipinski definition) is 2. The summed E-state index contributed by atoms with van der Waals surface area (Å²) in [5.74, 6) is -0.425. The topological polar surface area (TPSA) is 46.5 Å². The first-order chi connectivity index (χ1) is 6.19. The summed E-state index contributed by atoms with van der Waals surface area (Å²) in [6, 6.07) is 4.60. The minimum Gasteiger partial charge on any atom is -0.497 e. The molecule has 0 aliphatic carbocycles. The van der Waals surface area contributed by atoms with Crippen molar-refractivity contribution in [3.63, 3.8) is 0 Å². The first kappa shape index (κ1) is 9.93. The molecular formula is C8H7BClO3. The molecule has 0 bridgehead atoms. The highest BCUT2D eigenvalue weighted by Crippen LogP contribution is 2.09. The molecule has 1 aromatic carbocycles. The van der Waals surface area contributed by atoms with Crippen LogP contribution in [0.25, 0.3) is 0 Å². The second-order valence-corrected chi connectivity index (χ2v) is 2.59. The molecule has 1 aromatic rings. The monoisotopic (exact) mass is 197 g/mol. The zero-order valence-electron chi connectivity index (χ0n) is 6.95. The molecule has 3 nitrogen and oxygen atoms in total. The number of methoxy groups -OCH3 is 1. The first-order valence-corrected chi connectivity index (χ1v) is 3.97. The Balaban J connectivity index is 3.15. The second kappa shape index (κ2) is 4.19. The lowest BCUT2D eigenvalue weighted by Crippen LogP contribution is -2.19. The van der Waals surface area contributed by atoms with Gasteiger partial charge in [0.05, 0.1) is 12.7 Å². The molecule has 0 saturated carbocycles. The summed E-state index contributed by atoms with van der Waals surface area (Å²) in [5.41, 5.74) is 0.601. The molecule has 0 saturated heterocycles. The Labute approximate surface area is 81.4 Å². The molecule has 5 heteroatoms. The van der Waals surface area contributed by atoms with Crippen LogP contribution in [0.15, 0.2) is 18.2 Å². The Kier molecular flexibility index (Phi) is 3.20. The van der Waals surface area contributed by atoms with Crippen LogP contribution in [0.5, 0.6) is 5.75 Å². The van der Waals surface area contributed by atoms with Gasteiger partial charge in [0, 0.05) is 0 Å². The normalized spacial score (nSPS) is 9.38. The van der Waals surface area contributed by atoms with Gasteiger partial charge in [0.1, 0.15) is 5.75 Å². The molecule has 0 amide bonds. The lowest BCUT2D eigenvalue weighted by atomic mass is 9.89. The van der Waals surface area contributed by atoms with Crippen molar-refractivity contribution in [1.82, 2.24) is 0 Å². The zero-order valence-corrected chi connectivity index (χ0v) is 7.71. The molecular weight excluding hydrogens is 190 g/mol. The Morgan fingerprint density at radius 2 is 2.31 bits per heavy atom. The molecule has 1 rings (SSSR count). The Bertz CT molecular complexity index is 327. The smallest absolute Gasteiger partial charge is 0.335 e. The number of rotatable bonds is 3. The summed E-state index contributed by atoms with van der Waals surface area (Å²) < 4.78 is 4.92. The van der Waals surface area contributed by atoms with Crippen LogP contribution in [0.3, 0.4) is 0 Å². The molecule has 0 fully saturated rings. The maximum absolute atomic E-state index is 10.7. The maximum Gasteiger partial charge on any atom is 0.335 e. The fourth-order valence-corrected chi connectivity index (χ4v) is 1.13. The summed E-state index contributed by atoms with van der Waals surface area (Å²) in [7, 11) is 1.51. The minimum atomic E-state index is -1.01. The average molecular weight is 197 g/mol. The van der Waals surface area contributed by atoms with E-state index in [0.29, 0.717) is 11.2 Å². The highest BCUT2D eigenvalue weighted by atomic mass is 35.5. The quantitative estimate of drug-likeness (QED) is 0.732. The van der Waals surface area contributed by atoms with Crippen LogP contribution in [0.1, 0.15) is 10.4 Å². The van der Waals surface area contributed by atoms with Gasteiger partial charge in [-0.05, 0) is 23.7 Å². The number of hydrogen-bond donors (Lipinski definition) is 1. The van der Waals surface area contributed by atoms with Gasteiger partial charge in [-0.15, -0.1) is 0 Å². The van der Waals surface area contributed by atoms with E-state index in [1.807, 2.05) is 0 Å². The van der Waals surface area contributed by atoms with Gasteiger partial charge in [-0.1, -0.05) is 0 Å². The van der Waals surface area contributed by atoms with E-state index in [0.717, 1.165) is 0 Å². The van der Waals surface area contributed by atoms with E-state index >= 15 is 0 Å². The van der Waals surface area contributed by atoms with Gasteiger partial charge in [-0.2, -0.15) is 11.5 Å². The molecule has 0 unspecified atom stereocenters. The van der Waals surface area contributed by atoms with Crippen molar-refractivity contribution in [3.05, 3.63) is 23.8 Å². The largest absolute Gasteiger partial charge is 0.497 e. The third-order valence-electron chi connectivity index (χ3n) is 1.61. The average Bonchev–Trinajstić information content (AvgIpc) is 2.16. The number of aromatic carboxylic acids is 1. The van der Waals surface area contributed by atoms with E-state index in [-0.39, 0.29) is 5.56 Å². The molecule has 0 aliphatic heterocycles. The molecule has 0 heterocycles. The number of carboxylic acid groups (broad SMARTS) is 1. The van der Waals surface area contributed by atoms with Gasteiger partial charge < -0.3 is 9.84 Å². The van der Waals surface area contributed by atoms with Crippen LogP contribution < -0.4 is 10.2 Å². The summed E-state index contributed by atoms with van der Waals surface area (Å²) in [6.45, 7) is 1.21. The van der Waals surface area contributed by atoms with Crippen molar-refractivity contribution in [2.45, 2.75) is 0 Å². The van der Waals surface area contributed by atoms with Crippen LogP contribution >= 0.6 is 11.5 Å². The molecule has 67 valence electrons. The van der Waals surface area contributed by atoms with Crippen LogP contribution in [-0.4, -0.2) is 24.9 Å². The maximum atomic E-state index is 10.7. The summed E-state index contributed by atoms with van der Waals surface area (Å²) in [6.07, 6.45) is 0. The van der Waals surface area contributed by atoms with Crippen molar-refractivity contribution in [2.24, 2.45) is 0 Å². The molecule has 13 heavy (non-hydrogen) atoms. The van der Waals surface area contributed by atoms with Crippen LogP contribution in [0, 0.1) is 0 Å². The van der Waals surface area contributed by atoms with Gasteiger partial charge in [0.15, 0.2) is 0 Å². The SMILES string of the molecule is COc1ccc(C(=O)O)c([B]Cl)c1. The lowest BCUT2D eigenvalue weighted by Gasteiger charge is -2.04. The molecule has 0 spiro atoms. The summed E-state index contributed by atoms with van der Waals surface area (Å²) >= 11 is 5.46. The fraction of sp³-hybridized carbons (Fsp3) is 0.125. The van der Waals surface area contributed by atoms with Crippen molar-refractivity contribution in [2.75, 3.05) is 7.11 Å². The Morgan fingerprint density at radius 3 is 2.77 bits per heavy atom. The molecule has 0 aliphatic rings. The predicted octanol–water partition coefficient (Wildman–Crippen LogP) is 0.877. The Hall–Kier alpha value is -1.16. The number of benzene rings is 1. The van der Waals surface area contributed by atoms with Gasteiger partial charge in [0.25, 0.3) is 6.69 Å². The first-order valence-electron chi connectivity index (χ1n) is 3.54. The highest BCUT2D eigenvalue weighted by Gasteiger charge is 2.10. The lowest BCUT2D eigenvalue weighted by molar-refractivity contribution is 0.0698. The highest BCUT2D eigenvalue weighted by molar-refractivity contribution is 7.01. The van der Waals surface area contributed by atoms with Gasteiger partial charge in [-0.3, -0.25) is 0 Å². The van der Waals surface area contributed by atoms with E-state index in [4.69, 9.17) is 21.3 Å². The van der Waals surface area contributed by atoms with Crippen LogP contribution in [0.2, 0.25) is 0 Å². The van der Waals surface area contributed by atoms with Gasteiger partial charge >= 0.3 is 5.97 Å². The van der Waals surface area contributed by atoms with Crippen LogP contribution in [0.4, 0.5) is 0 Å². The predicted molar refractivity (Wildman–Crippen MR) is 51.2 cm³/mol. The van der Waals surface area contributed by atoms with E-state index in [9.17, 15) is 4.79 Å². The van der Waals surface area contributed by atoms with E-state index < -0.39 is 5.97 Å².